The third kappa shape index (κ3) is 3.35. The molecule has 16 heavy (non-hydrogen) atoms. The minimum absolute atomic E-state index is 0.239. The molecule has 5 nitrogen and oxygen atoms in total. The molecule has 0 radical (unpaired) electrons. The molecule has 0 aliphatic carbocycles. The monoisotopic (exact) mass is 257 g/mol. The van der Waals surface area contributed by atoms with Crippen molar-refractivity contribution in [2.45, 2.75) is 11.3 Å². The Hall–Kier alpha value is -1.35. The Balaban J connectivity index is 2.82. The lowest BCUT2D eigenvalue weighted by molar-refractivity contribution is -0.121. The summed E-state index contributed by atoms with van der Waals surface area (Å²) in [6.45, 7) is -1.70. The van der Waals surface area contributed by atoms with Crippen molar-refractivity contribution in [2.24, 2.45) is 0 Å². The van der Waals surface area contributed by atoms with Crippen LogP contribution in [0.5, 0.6) is 0 Å². The number of rotatable bonds is 4. The topological polar surface area (TPSA) is 76.4 Å². The zero-order chi connectivity index (χ0) is 12.4. The van der Waals surface area contributed by atoms with Crippen molar-refractivity contribution >= 4 is 16.3 Å². The van der Waals surface area contributed by atoms with Crippen molar-refractivity contribution in [2.75, 3.05) is 6.54 Å². The Labute approximate surface area is 88.3 Å². The highest BCUT2D eigenvalue weighted by Gasteiger charge is 2.31. The van der Waals surface area contributed by atoms with Gasteiger partial charge in [-0.3, -0.25) is 4.79 Å². The molecule has 0 amide bonds. The van der Waals surface area contributed by atoms with E-state index in [1.165, 1.54) is 4.72 Å². The summed E-state index contributed by atoms with van der Waals surface area (Å²) in [5.74, 6) is -0.285. The number of aldehydes is 1. The highest BCUT2D eigenvalue weighted by atomic mass is 32.2. The lowest BCUT2D eigenvalue weighted by Crippen LogP contribution is -2.33. The number of hydrogen-bond donors (Lipinski definition) is 1. The van der Waals surface area contributed by atoms with Crippen molar-refractivity contribution in [1.29, 1.82) is 0 Å². The number of carbonyl (C=O) groups excluding carboxylic acids is 1. The number of nitrogens with one attached hydrogen (secondary N) is 1. The second kappa shape index (κ2) is 4.26. The van der Waals surface area contributed by atoms with Gasteiger partial charge in [0.1, 0.15) is 6.54 Å². The SMILES string of the molecule is O=Cc1ccc(S(=O)(=O)NCC(F)(F)F)o1. The van der Waals surface area contributed by atoms with Crippen molar-refractivity contribution in [1.82, 2.24) is 4.72 Å². The van der Waals surface area contributed by atoms with Crippen molar-refractivity contribution in [3.63, 3.8) is 0 Å². The summed E-state index contributed by atoms with van der Waals surface area (Å²) >= 11 is 0. The summed E-state index contributed by atoms with van der Waals surface area (Å²) in [6.07, 6.45) is -4.42. The van der Waals surface area contributed by atoms with E-state index in [0.717, 1.165) is 12.1 Å². The highest BCUT2D eigenvalue weighted by molar-refractivity contribution is 7.89. The van der Waals surface area contributed by atoms with E-state index in [1.54, 1.807) is 0 Å². The van der Waals surface area contributed by atoms with Crippen LogP contribution in [-0.2, 0) is 10.0 Å². The predicted octanol–water partition coefficient (Wildman–Crippen LogP) is 0.933. The number of carbonyl (C=O) groups is 1. The first-order valence-electron chi connectivity index (χ1n) is 3.86. The Kier molecular flexibility index (Phi) is 3.38. The first kappa shape index (κ1) is 12.7. The van der Waals surface area contributed by atoms with Crippen LogP contribution in [0.4, 0.5) is 13.2 Å². The lowest BCUT2D eigenvalue weighted by Gasteiger charge is -2.06. The summed E-state index contributed by atoms with van der Waals surface area (Å²) in [4.78, 5) is 10.2. The van der Waals surface area contributed by atoms with Crippen LogP contribution in [0.3, 0.4) is 0 Å². The first-order chi connectivity index (χ1) is 7.24. The molecule has 0 atom stereocenters. The van der Waals surface area contributed by atoms with Crippen LogP contribution < -0.4 is 4.72 Å². The summed E-state index contributed by atoms with van der Waals surface area (Å²) in [5, 5.41) is -0.737. The van der Waals surface area contributed by atoms with Crippen molar-refractivity contribution in [3.8, 4) is 0 Å². The van der Waals surface area contributed by atoms with E-state index in [9.17, 15) is 26.4 Å². The fraction of sp³-hybridized carbons (Fsp3) is 0.286. The Bertz CT molecular complexity index is 476. The fourth-order valence-electron chi connectivity index (χ4n) is 0.790. The fourth-order valence-corrected chi connectivity index (χ4v) is 1.74. The number of furan rings is 1. The molecule has 0 fully saturated rings. The van der Waals surface area contributed by atoms with Gasteiger partial charge in [-0.15, -0.1) is 0 Å². The van der Waals surface area contributed by atoms with Gasteiger partial charge in [0, 0.05) is 0 Å². The average Bonchev–Trinajstić information content (AvgIpc) is 2.62. The van der Waals surface area contributed by atoms with E-state index in [0.29, 0.717) is 0 Å². The van der Waals surface area contributed by atoms with E-state index in [4.69, 9.17) is 0 Å². The third-order valence-electron chi connectivity index (χ3n) is 1.45. The Morgan fingerprint density at radius 1 is 1.38 bits per heavy atom. The zero-order valence-electron chi connectivity index (χ0n) is 7.61. The molecule has 0 unspecified atom stereocenters. The number of halogens is 3. The Morgan fingerprint density at radius 2 is 2.00 bits per heavy atom. The number of hydrogen-bond acceptors (Lipinski definition) is 4. The van der Waals surface area contributed by atoms with Gasteiger partial charge in [-0.05, 0) is 12.1 Å². The van der Waals surface area contributed by atoms with E-state index < -0.39 is 27.8 Å². The molecule has 0 spiro atoms. The molecule has 9 heteroatoms. The second-order valence-electron chi connectivity index (χ2n) is 2.71. The lowest BCUT2D eigenvalue weighted by atomic mass is 10.5. The van der Waals surface area contributed by atoms with E-state index in [2.05, 4.69) is 4.42 Å². The number of sulfonamides is 1. The van der Waals surface area contributed by atoms with E-state index >= 15 is 0 Å². The minimum atomic E-state index is -4.66. The quantitative estimate of drug-likeness (QED) is 0.814. The summed E-state index contributed by atoms with van der Waals surface area (Å²) in [6, 6.07) is 1.93. The van der Waals surface area contributed by atoms with Gasteiger partial charge in [-0.25, -0.2) is 8.42 Å². The van der Waals surface area contributed by atoms with Crippen LogP contribution >= 0.6 is 0 Å². The molecule has 1 aromatic heterocycles. The van der Waals surface area contributed by atoms with Gasteiger partial charge < -0.3 is 4.42 Å². The first-order valence-corrected chi connectivity index (χ1v) is 5.34. The van der Waals surface area contributed by atoms with Gasteiger partial charge in [0.15, 0.2) is 12.0 Å². The van der Waals surface area contributed by atoms with Gasteiger partial charge in [0.2, 0.25) is 5.09 Å². The van der Waals surface area contributed by atoms with E-state index in [1.807, 2.05) is 0 Å². The molecule has 0 aliphatic heterocycles. The normalized spacial score (nSPS) is 12.7. The largest absolute Gasteiger partial charge is 0.440 e. The smallest absolute Gasteiger partial charge is 0.402 e. The average molecular weight is 257 g/mol. The van der Waals surface area contributed by atoms with Gasteiger partial charge >= 0.3 is 6.18 Å². The second-order valence-corrected chi connectivity index (χ2v) is 4.41. The van der Waals surface area contributed by atoms with Gasteiger partial charge in [0.05, 0.1) is 0 Å². The molecular formula is C7H6F3NO4S. The van der Waals surface area contributed by atoms with Crippen LogP contribution in [-0.4, -0.2) is 27.4 Å². The summed E-state index contributed by atoms with van der Waals surface area (Å²) in [5.41, 5.74) is 0. The zero-order valence-corrected chi connectivity index (χ0v) is 8.43. The van der Waals surface area contributed by atoms with Gasteiger partial charge in [-0.2, -0.15) is 17.9 Å². The standard InChI is InChI=1S/C7H6F3NO4S/c8-7(9,10)4-11-16(13,14)6-2-1-5(3-12)15-6/h1-3,11H,4H2. The molecule has 0 saturated heterocycles. The number of alkyl halides is 3. The molecule has 0 aliphatic rings. The van der Waals surface area contributed by atoms with Gasteiger partial charge in [0.25, 0.3) is 10.0 Å². The Morgan fingerprint density at radius 3 is 2.44 bits per heavy atom. The molecular weight excluding hydrogens is 251 g/mol. The van der Waals surface area contributed by atoms with Crippen molar-refractivity contribution in [3.05, 3.63) is 17.9 Å². The highest BCUT2D eigenvalue weighted by Crippen LogP contribution is 2.16. The maximum absolute atomic E-state index is 11.8. The molecule has 0 aromatic carbocycles. The maximum Gasteiger partial charge on any atom is 0.402 e. The van der Waals surface area contributed by atoms with Crippen LogP contribution in [0, 0.1) is 0 Å². The molecule has 0 saturated carbocycles. The molecule has 1 aromatic rings. The van der Waals surface area contributed by atoms with Gasteiger partial charge in [-0.1, -0.05) is 0 Å². The molecule has 0 bridgehead atoms. The van der Waals surface area contributed by atoms with Crippen LogP contribution in [0.2, 0.25) is 0 Å². The molecule has 1 rings (SSSR count). The minimum Gasteiger partial charge on any atom is -0.440 e. The summed E-state index contributed by atoms with van der Waals surface area (Å²) < 4.78 is 63.4. The van der Waals surface area contributed by atoms with E-state index in [-0.39, 0.29) is 12.0 Å². The predicted molar refractivity (Wildman–Crippen MR) is 45.3 cm³/mol. The van der Waals surface area contributed by atoms with Crippen LogP contribution in [0.15, 0.2) is 21.6 Å². The van der Waals surface area contributed by atoms with Crippen LogP contribution in [0.1, 0.15) is 10.6 Å². The molecule has 1 N–H and O–H groups in total. The molecule has 1 heterocycles. The third-order valence-corrected chi connectivity index (χ3v) is 2.72. The summed E-state index contributed by atoms with van der Waals surface area (Å²) in [7, 11) is -4.38. The van der Waals surface area contributed by atoms with Crippen molar-refractivity contribution < 1.29 is 30.8 Å². The molecule has 90 valence electrons. The maximum atomic E-state index is 11.8. The van der Waals surface area contributed by atoms with Crippen LogP contribution in [0.25, 0.3) is 0 Å².